The molecule has 0 spiro atoms. The van der Waals surface area contributed by atoms with Crippen LogP contribution in [-0.2, 0) is 13.0 Å². The predicted octanol–water partition coefficient (Wildman–Crippen LogP) is 1.85. The Balaban J connectivity index is 2.10. The van der Waals surface area contributed by atoms with Crippen LogP contribution in [0, 0.1) is 13.8 Å². The largest absolute Gasteiger partial charge is 0.245 e. The van der Waals surface area contributed by atoms with E-state index in [0.717, 1.165) is 24.6 Å². The first-order valence-electron chi connectivity index (χ1n) is 5.21. The van der Waals surface area contributed by atoms with Gasteiger partial charge in [-0.15, -0.1) is 0 Å². The van der Waals surface area contributed by atoms with Crippen LogP contribution in [0.15, 0.2) is 18.2 Å². The molecule has 0 unspecified atom stereocenters. The fourth-order valence-electron chi connectivity index (χ4n) is 2.16. The minimum Gasteiger partial charge on any atom is -0.245 e. The third kappa shape index (κ3) is 1.35. The van der Waals surface area contributed by atoms with Crippen molar-refractivity contribution < 1.29 is 0 Å². The molecule has 2 heterocycles. The van der Waals surface area contributed by atoms with Crippen molar-refractivity contribution in [2.75, 3.05) is 0 Å². The summed E-state index contributed by atoms with van der Waals surface area (Å²) in [5, 5.41) is 4.38. The minimum atomic E-state index is 0.867. The van der Waals surface area contributed by atoms with E-state index in [2.05, 4.69) is 35.2 Å². The van der Waals surface area contributed by atoms with Gasteiger partial charge in [0.25, 0.3) is 0 Å². The number of nitrogens with zero attached hydrogens (tertiary/aromatic N) is 3. The van der Waals surface area contributed by atoms with Gasteiger partial charge in [0, 0.05) is 6.42 Å². The number of aryl methyl sites for hydroxylation is 2. The van der Waals surface area contributed by atoms with Crippen molar-refractivity contribution in [3.05, 3.63) is 46.5 Å². The highest BCUT2D eigenvalue weighted by atomic mass is 15.3. The molecule has 0 fully saturated rings. The summed E-state index contributed by atoms with van der Waals surface area (Å²) in [6.45, 7) is 4.94. The van der Waals surface area contributed by atoms with Gasteiger partial charge in [-0.05, 0) is 25.0 Å². The molecular formula is C12H13N3. The van der Waals surface area contributed by atoms with E-state index in [1.165, 1.54) is 16.7 Å². The second kappa shape index (κ2) is 2.92. The molecule has 2 aromatic rings. The van der Waals surface area contributed by atoms with Crippen molar-refractivity contribution in [2.24, 2.45) is 0 Å². The fraction of sp³-hybridized carbons (Fsp3) is 0.333. The summed E-state index contributed by atoms with van der Waals surface area (Å²) in [6, 6.07) is 6.61. The first-order chi connectivity index (χ1) is 7.22. The summed E-state index contributed by atoms with van der Waals surface area (Å²) in [5.74, 6) is 1.96. The van der Waals surface area contributed by atoms with E-state index < -0.39 is 0 Å². The highest BCUT2D eigenvalue weighted by Gasteiger charge is 2.17. The Morgan fingerprint density at radius 2 is 2.07 bits per heavy atom. The molecule has 3 heteroatoms. The Morgan fingerprint density at radius 1 is 1.20 bits per heavy atom. The van der Waals surface area contributed by atoms with Gasteiger partial charge < -0.3 is 0 Å². The SMILES string of the molecule is Cc1ccc2c(c1)Cc1nc(C)nn1C2. The minimum absolute atomic E-state index is 0.867. The van der Waals surface area contributed by atoms with Gasteiger partial charge in [-0.3, -0.25) is 0 Å². The molecule has 0 saturated heterocycles. The number of rotatable bonds is 0. The Bertz CT molecular complexity index is 526. The van der Waals surface area contributed by atoms with Crippen LogP contribution in [0.5, 0.6) is 0 Å². The van der Waals surface area contributed by atoms with Gasteiger partial charge in [0.1, 0.15) is 11.6 Å². The molecule has 15 heavy (non-hydrogen) atoms. The van der Waals surface area contributed by atoms with E-state index in [0.29, 0.717) is 0 Å². The van der Waals surface area contributed by atoms with E-state index in [9.17, 15) is 0 Å². The van der Waals surface area contributed by atoms with Gasteiger partial charge in [-0.2, -0.15) is 5.10 Å². The number of aromatic nitrogens is 3. The molecular weight excluding hydrogens is 186 g/mol. The Kier molecular flexibility index (Phi) is 1.69. The maximum absolute atomic E-state index is 4.43. The molecule has 1 aliphatic rings. The molecule has 76 valence electrons. The van der Waals surface area contributed by atoms with Crippen LogP contribution in [-0.4, -0.2) is 14.8 Å². The van der Waals surface area contributed by atoms with Crippen LogP contribution < -0.4 is 0 Å². The van der Waals surface area contributed by atoms with E-state index in [-0.39, 0.29) is 0 Å². The molecule has 0 atom stereocenters. The summed E-state index contributed by atoms with van der Waals surface area (Å²) < 4.78 is 2.01. The Morgan fingerprint density at radius 3 is 2.93 bits per heavy atom. The standard InChI is InChI=1S/C12H13N3/c1-8-3-4-10-7-15-12(6-11(10)5-8)13-9(2)14-15/h3-5H,6-7H2,1-2H3. The lowest BCUT2D eigenvalue weighted by molar-refractivity contribution is 0.617. The fourth-order valence-corrected chi connectivity index (χ4v) is 2.16. The number of benzene rings is 1. The Labute approximate surface area is 88.8 Å². The lowest BCUT2D eigenvalue weighted by Crippen LogP contribution is -2.15. The molecule has 1 aromatic carbocycles. The van der Waals surface area contributed by atoms with Crippen LogP contribution in [0.3, 0.4) is 0 Å². The molecule has 0 bridgehead atoms. The van der Waals surface area contributed by atoms with Crippen LogP contribution in [0.4, 0.5) is 0 Å². The average Bonchev–Trinajstić information content (AvgIpc) is 2.53. The monoisotopic (exact) mass is 199 g/mol. The maximum atomic E-state index is 4.43. The molecule has 0 amide bonds. The predicted molar refractivity (Wildman–Crippen MR) is 57.8 cm³/mol. The number of fused-ring (bicyclic) bond motifs is 2. The van der Waals surface area contributed by atoms with Crippen molar-refractivity contribution in [1.29, 1.82) is 0 Å². The van der Waals surface area contributed by atoms with Crippen molar-refractivity contribution in [3.63, 3.8) is 0 Å². The highest BCUT2D eigenvalue weighted by molar-refractivity contribution is 5.36. The molecule has 0 saturated carbocycles. The van der Waals surface area contributed by atoms with Crippen LogP contribution in [0.2, 0.25) is 0 Å². The van der Waals surface area contributed by atoms with Crippen molar-refractivity contribution >= 4 is 0 Å². The average molecular weight is 199 g/mol. The van der Waals surface area contributed by atoms with Crippen LogP contribution in [0.25, 0.3) is 0 Å². The molecule has 0 N–H and O–H groups in total. The third-order valence-corrected chi connectivity index (χ3v) is 2.88. The van der Waals surface area contributed by atoms with E-state index >= 15 is 0 Å². The smallest absolute Gasteiger partial charge is 0.147 e. The summed E-state index contributed by atoms with van der Waals surface area (Å²) in [6.07, 6.45) is 0.915. The van der Waals surface area contributed by atoms with E-state index in [4.69, 9.17) is 0 Å². The van der Waals surface area contributed by atoms with Gasteiger partial charge in [-0.25, -0.2) is 9.67 Å². The molecule has 1 aliphatic heterocycles. The molecule has 3 nitrogen and oxygen atoms in total. The zero-order chi connectivity index (χ0) is 10.4. The molecule has 0 radical (unpaired) electrons. The quantitative estimate of drug-likeness (QED) is 0.553. The second-order valence-corrected chi connectivity index (χ2v) is 4.18. The number of hydrogen-bond acceptors (Lipinski definition) is 2. The van der Waals surface area contributed by atoms with Gasteiger partial charge in [0.2, 0.25) is 0 Å². The van der Waals surface area contributed by atoms with Gasteiger partial charge >= 0.3 is 0 Å². The zero-order valence-corrected chi connectivity index (χ0v) is 8.99. The summed E-state index contributed by atoms with van der Waals surface area (Å²) >= 11 is 0. The van der Waals surface area contributed by atoms with Gasteiger partial charge in [-0.1, -0.05) is 23.8 Å². The van der Waals surface area contributed by atoms with E-state index in [1.807, 2.05) is 11.6 Å². The summed E-state index contributed by atoms with van der Waals surface area (Å²) in [4.78, 5) is 4.43. The molecule has 0 aliphatic carbocycles. The number of hydrogen-bond donors (Lipinski definition) is 0. The maximum Gasteiger partial charge on any atom is 0.147 e. The lowest BCUT2D eigenvalue weighted by Gasteiger charge is -2.16. The van der Waals surface area contributed by atoms with Crippen molar-refractivity contribution in [1.82, 2.24) is 14.8 Å². The topological polar surface area (TPSA) is 30.7 Å². The van der Waals surface area contributed by atoms with Gasteiger partial charge in [0.05, 0.1) is 6.54 Å². The highest BCUT2D eigenvalue weighted by Crippen LogP contribution is 2.21. The van der Waals surface area contributed by atoms with E-state index in [1.54, 1.807) is 0 Å². The van der Waals surface area contributed by atoms with Crippen LogP contribution >= 0.6 is 0 Å². The lowest BCUT2D eigenvalue weighted by atomic mass is 9.99. The third-order valence-electron chi connectivity index (χ3n) is 2.88. The molecule has 3 rings (SSSR count). The molecule has 1 aromatic heterocycles. The van der Waals surface area contributed by atoms with Crippen molar-refractivity contribution in [2.45, 2.75) is 26.8 Å². The van der Waals surface area contributed by atoms with Crippen molar-refractivity contribution in [3.8, 4) is 0 Å². The summed E-state index contributed by atoms with van der Waals surface area (Å²) in [7, 11) is 0. The second-order valence-electron chi connectivity index (χ2n) is 4.18. The van der Waals surface area contributed by atoms with Crippen LogP contribution in [0.1, 0.15) is 28.3 Å². The summed E-state index contributed by atoms with van der Waals surface area (Å²) in [5.41, 5.74) is 4.09. The zero-order valence-electron chi connectivity index (χ0n) is 8.99. The normalized spacial score (nSPS) is 13.5. The first kappa shape index (κ1) is 8.65. The Hall–Kier alpha value is -1.64. The first-order valence-corrected chi connectivity index (χ1v) is 5.21. The van der Waals surface area contributed by atoms with Gasteiger partial charge in [0.15, 0.2) is 0 Å².